The molecule has 0 saturated heterocycles. The Kier molecular flexibility index (Phi) is 4.68. The third kappa shape index (κ3) is 3.87. The van der Waals surface area contributed by atoms with Crippen molar-refractivity contribution in [2.75, 3.05) is 0 Å². The summed E-state index contributed by atoms with van der Waals surface area (Å²) < 4.78 is 1.75. The highest BCUT2D eigenvalue weighted by Crippen LogP contribution is 2.08. The van der Waals surface area contributed by atoms with E-state index in [4.69, 9.17) is 5.26 Å². The molecular weight excluding hydrogens is 300 g/mol. The quantitative estimate of drug-likeness (QED) is 0.786. The van der Waals surface area contributed by atoms with Crippen LogP contribution in [0.1, 0.15) is 16.7 Å². The fourth-order valence-electron chi connectivity index (χ4n) is 2.32. The van der Waals surface area contributed by atoms with Gasteiger partial charge in [-0.05, 0) is 35.4 Å². The molecule has 3 rings (SSSR count). The lowest BCUT2D eigenvalue weighted by atomic mass is 10.1. The van der Waals surface area contributed by atoms with Crippen LogP contribution in [-0.2, 0) is 17.8 Å². The molecule has 1 aromatic heterocycles. The number of nitrogens with zero attached hydrogens (tertiary/aromatic N) is 3. The van der Waals surface area contributed by atoms with Gasteiger partial charge in [0.15, 0.2) is 0 Å². The smallest absolute Gasteiger partial charge is 0.224 e. The molecule has 0 aliphatic rings. The van der Waals surface area contributed by atoms with Gasteiger partial charge in [0.1, 0.15) is 0 Å². The van der Waals surface area contributed by atoms with E-state index in [-0.39, 0.29) is 12.3 Å². The predicted molar refractivity (Wildman–Crippen MR) is 90.3 cm³/mol. The van der Waals surface area contributed by atoms with Gasteiger partial charge in [-0.2, -0.15) is 10.4 Å². The standard InChI is InChI=1S/C19H16N4O/c20-11-15-6-8-16(9-7-15)12-21-19(24)10-17-13-22-23(14-17)18-4-2-1-3-5-18/h1-9,13-14H,10,12H2,(H,21,24). The van der Waals surface area contributed by atoms with Crippen LogP contribution in [0.3, 0.4) is 0 Å². The van der Waals surface area contributed by atoms with Crippen molar-refractivity contribution in [1.29, 1.82) is 5.26 Å². The number of benzene rings is 2. The summed E-state index contributed by atoms with van der Waals surface area (Å²) in [5, 5.41) is 15.9. The molecule has 1 amide bonds. The van der Waals surface area contributed by atoms with Crippen molar-refractivity contribution in [2.24, 2.45) is 0 Å². The third-order valence-corrected chi connectivity index (χ3v) is 3.59. The summed E-state index contributed by atoms with van der Waals surface area (Å²) in [6, 6.07) is 19.0. The van der Waals surface area contributed by atoms with Gasteiger partial charge in [-0.15, -0.1) is 0 Å². The first-order chi connectivity index (χ1) is 11.7. The molecule has 0 fully saturated rings. The molecule has 1 heterocycles. The number of hydrogen-bond donors (Lipinski definition) is 1. The van der Waals surface area contributed by atoms with E-state index in [2.05, 4.69) is 16.5 Å². The van der Waals surface area contributed by atoms with Gasteiger partial charge >= 0.3 is 0 Å². The van der Waals surface area contributed by atoms with Crippen LogP contribution in [0.2, 0.25) is 0 Å². The molecule has 2 aromatic carbocycles. The maximum atomic E-state index is 12.1. The van der Waals surface area contributed by atoms with E-state index in [9.17, 15) is 4.79 Å². The van der Waals surface area contributed by atoms with E-state index in [1.54, 1.807) is 23.0 Å². The van der Waals surface area contributed by atoms with Crippen molar-refractivity contribution in [3.63, 3.8) is 0 Å². The summed E-state index contributed by atoms with van der Waals surface area (Å²) >= 11 is 0. The first-order valence-electron chi connectivity index (χ1n) is 7.59. The third-order valence-electron chi connectivity index (χ3n) is 3.59. The van der Waals surface area contributed by atoms with Crippen molar-refractivity contribution in [2.45, 2.75) is 13.0 Å². The van der Waals surface area contributed by atoms with Crippen molar-refractivity contribution >= 4 is 5.91 Å². The van der Waals surface area contributed by atoms with Crippen molar-refractivity contribution in [3.8, 4) is 11.8 Å². The molecule has 0 aliphatic carbocycles. The minimum absolute atomic E-state index is 0.0630. The highest BCUT2D eigenvalue weighted by molar-refractivity contribution is 5.78. The fraction of sp³-hybridized carbons (Fsp3) is 0.105. The minimum Gasteiger partial charge on any atom is -0.352 e. The Morgan fingerprint density at radius 3 is 2.54 bits per heavy atom. The molecular formula is C19H16N4O. The van der Waals surface area contributed by atoms with Gasteiger partial charge in [0.25, 0.3) is 0 Å². The molecule has 0 atom stereocenters. The van der Waals surface area contributed by atoms with Crippen LogP contribution in [-0.4, -0.2) is 15.7 Å². The SMILES string of the molecule is N#Cc1ccc(CNC(=O)Cc2cnn(-c3ccccc3)c2)cc1. The second-order valence-electron chi connectivity index (χ2n) is 5.39. The number of rotatable bonds is 5. The summed E-state index contributed by atoms with van der Waals surface area (Å²) in [4.78, 5) is 12.1. The van der Waals surface area contributed by atoms with Gasteiger partial charge in [0, 0.05) is 12.7 Å². The zero-order chi connectivity index (χ0) is 16.8. The summed E-state index contributed by atoms with van der Waals surface area (Å²) in [7, 11) is 0. The molecule has 5 heteroatoms. The highest BCUT2D eigenvalue weighted by atomic mass is 16.1. The van der Waals surface area contributed by atoms with Crippen LogP contribution < -0.4 is 5.32 Å². The summed E-state index contributed by atoms with van der Waals surface area (Å²) in [6.45, 7) is 0.442. The molecule has 0 unspecified atom stereocenters. The van der Waals surface area contributed by atoms with Gasteiger partial charge in [0.2, 0.25) is 5.91 Å². The topological polar surface area (TPSA) is 70.7 Å². The number of carbonyl (C=O) groups excluding carboxylic acids is 1. The van der Waals surface area contributed by atoms with Gasteiger partial charge in [-0.1, -0.05) is 30.3 Å². The molecule has 0 radical (unpaired) electrons. The Balaban J connectivity index is 1.55. The van der Waals surface area contributed by atoms with Gasteiger partial charge in [0.05, 0.1) is 29.9 Å². The van der Waals surface area contributed by atoms with E-state index in [0.717, 1.165) is 16.8 Å². The number of amides is 1. The van der Waals surface area contributed by atoms with Crippen molar-refractivity contribution in [1.82, 2.24) is 15.1 Å². The van der Waals surface area contributed by atoms with Gasteiger partial charge in [-0.3, -0.25) is 4.79 Å². The van der Waals surface area contributed by atoms with Crippen molar-refractivity contribution < 1.29 is 4.79 Å². The van der Waals surface area contributed by atoms with Crippen LogP contribution in [0.5, 0.6) is 0 Å². The van der Waals surface area contributed by atoms with Gasteiger partial charge < -0.3 is 5.32 Å². The Bertz CT molecular complexity index is 860. The normalized spacial score (nSPS) is 10.1. The minimum atomic E-state index is -0.0630. The Labute approximate surface area is 140 Å². The van der Waals surface area contributed by atoms with Crippen LogP contribution in [0, 0.1) is 11.3 Å². The maximum absolute atomic E-state index is 12.1. The Morgan fingerprint density at radius 2 is 1.83 bits per heavy atom. The predicted octanol–water partition coefficient (Wildman–Crippen LogP) is 2.60. The van der Waals surface area contributed by atoms with E-state index in [1.807, 2.05) is 48.7 Å². The average molecular weight is 316 g/mol. The van der Waals surface area contributed by atoms with E-state index in [1.165, 1.54) is 0 Å². The number of carbonyl (C=O) groups is 1. The molecule has 0 bridgehead atoms. The molecule has 1 N–H and O–H groups in total. The Hall–Kier alpha value is -3.39. The van der Waals surface area contributed by atoms with E-state index >= 15 is 0 Å². The lowest BCUT2D eigenvalue weighted by Crippen LogP contribution is -2.24. The maximum Gasteiger partial charge on any atom is 0.224 e. The largest absolute Gasteiger partial charge is 0.352 e. The summed E-state index contributed by atoms with van der Waals surface area (Å²) in [5.74, 6) is -0.0630. The zero-order valence-corrected chi connectivity index (χ0v) is 13.0. The first kappa shape index (κ1) is 15.5. The van der Waals surface area contributed by atoms with Crippen LogP contribution >= 0.6 is 0 Å². The molecule has 5 nitrogen and oxygen atoms in total. The molecule has 118 valence electrons. The lowest BCUT2D eigenvalue weighted by Gasteiger charge is -2.04. The molecule has 24 heavy (non-hydrogen) atoms. The van der Waals surface area contributed by atoms with E-state index < -0.39 is 0 Å². The summed E-state index contributed by atoms with van der Waals surface area (Å²) in [5.41, 5.74) is 3.39. The number of nitrogens with one attached hydrogen (secondary N) is 1. The number of nitriles is 1. The second kappa shape index (κ2) is 7.25. The number of hydrogen-bond acceptors (Lipinski definition) is 3. The average Bonchev–Trinajstić information content (AvgIpc) is 3.09. The monoisotopic (exact) mass is 316 g/mol. The second-order valence-corrected chi connectivity index (χ2v) is 5.39. The molecule has 0 spiro atoms. The highest BCUT2D eigenvalue weighted by Gasteiger charge is 2.07. The molecule has 3 aromatic rings. The van der Waals surface area contributed by atoms with Crippen LogP contribution in [0.15, 0.2) is 67.0 Å². The lowest BCUT2D eigenvalue weighted by molar-refractivity contribution is -0.120. The Morgan fingerprint density at radius 1 is 1.08 bits per heavy atom. The number of para-hydroxylation sites is 1. The molecule has 0 aliphatic heterocycles. The summed E-state index contributed by atoms with van der Waals surface area (Å²) in [6.07, 6.45) is 3.84. The van der Waals surface area contributed by atoms with Crippen LogP contribution in [0.25, 0.3) is 5.69 Å². The zero-order valence-electron chi connectivity index (χ0n) is 13.0. The molecule has 0 saturated carbocycles. The fourth-order valence-corrected chi connectivity index (χ4v) is 2.32. The van der Waals surface area contributed by atoms with E-state index in [0.29, 0.717) is 12.1 Å². The first-order valence-corrected chi connectivity index (χ1v) is 7.59. The van der Waals surface area contributed by atoms with Gasteiger partial charge in [-0.25, -0.2) is 4.68 Å². The van der Waals surface area contributed by atoms with Crippen LogP contribution in [0.4, 0.5) is 0 Å². The number of aromatic nitrogens is 2. The van der Waals surface area contributed by atoms with Crippen molar-refractivity contribution in [3.05, 3.63) is 83.7 Å².